The van der Waals surface area contributed by atoms with Crippen LogP contribution in [-0.2, 0) is 0 Å². The fourth-order valence-electron chi connectivity index (χ4n) is 5.61. The van der Waals surface area contributed by atoms with Crippen molar-refractivity contribution in [3.63, 3.8) is 0 Å². The van der Waals surface area contributed by atoms with Crippen molar-refractivity contribution < 1.29 is 4.79 Å². The van der Waals surface area contributed by atoms with E-state index in [4.69, 9.17) is 23.2 Å². The highest BCUT2D eigenvalue weighted by Gasteiger charge is 2.32. The van der Waals surface area contributed by atoms with E-state index in [1.807, 2.05) is 47.4 Å². The monoisotopic (exact) mass is 532 g/mol. The average molecular weight is 534 g/mol. The molecule has 0 radical (unpaired) electrons. The van der Waals surface area contributed by atoms with Gasteiger partial charge in [-0.15, -0.1) is 0 Å². The summed E-state index contributed by atoms with van der Waals surface area (Å²) in [6.45, 7) is 2.01. The second-order valence-corrected chi connectivity index (χ2v) is 10.7. The number of likely N-dealkylation sites (tertiary alicyclic amines) is 1. The van der Waals surface area contributed by atoms with Crippen LogP contribution in [0.15, 0.2) is 66.7 Å². The molecule has 0 unspecified atom stereocenters. The predicted octanol–water partition coefficient (Wildman–Crippen LogP) is 7.98. The van der Waals surface area contributed by atoms with Crippen LogP contribution in [0.2, 0.25) is 10.0 Å². The van der Waals surface area contributed by atoms with E-state index in [2.05, 4.69) is 16.3 Å². The van der Waals surface area contributed by atoms with E-state index in [1.165, 1.54) is 25.7 Å². The smallest absolute Gasteiger partial charge is 0.307 e. The van der Waals surface area contributed by atoms with Gasteiger partial charge in [-0.25, -0.2) is 4.79 Å². The molecule has 3 aromatic rings. The van der Waals surface area contributed by atoms with E-state index < -0.39 is 0 Å². The number of anilines is 2. The van der Waals surface area contributed by atoms with E-state index in [9.17, 15) is 10.1 Å². The molecule has 1 saturated heterocycles. The minimum atomic E-state index is -0.183. The SMILES string of the molecule is N#Cc1cccc(-c2ccc(N(C(=O)Nc3ccc(Cl)c(Cl)c3)C3CCN(C4CCCC4)CC3)cc2)c1. The molecule has 1 saturated carbocycles. The fraction of sp³-hybridized carbons (Fsp3) is 0.333. The highest BCUT2D eigenvalue weighted by atomic mass is 35.5. The fourth-order valence-corrected chi connectivity index (χ4v) is 5.91. The number of carbonyl (C=O) groups excluding carboxylic acids is 1. The van der Waals surface area contributed by atoms with E-state index in [0.717, 1.165) is 42.7 Å². The molecule has 1 aliphatic heterocycles. The number of nitrogens with zero attached hydrogens (tertiary/aromatic N) is 3. The molecule has 37 heavy (non-hydrogen) atoms. The third-order valence-corrected chi connectivity index (χ3v) is 8.30. The Morgan fingerprint density at radius 2 is 1.62 bits per heavy atom. The van der Waals surface area contributed by atoms with Crippen LogP contribution in [0.3, 0.4) is 0 Å². The number of hydrogen-bond acceptors (Lipinski definition) is 3. The number of halogens is 2. The van der Waals surface area contributed by atoms with Gasteiger partial charge in [0.2, 0.25) is 0 Å². The van der Waals surface area contributed by atoms with Crippen molar-refractivity contribution in [2.24, 2.45) is 0 Å². The highest BCUT2D eigenvalue weighted by Crippen LogP contribution is 2.32. The van der Waals surface area contributed by atoms with Crippen LogP contribution in [-0.4, -0.2) is 36.1 Å². The molecular formula is C30H30Cl2N4O. The summed E-state index contributed by atoms with van der Waals surface area (Å²) in [5.41, 5.74) is 4.05. The lowest BCUT2D eigenvalue weighted by atomic mass is 9.99. The van der Waals surface area contributed by atoms with Gasteiger partial charge < -0.3 is 10.2 Å². The summed E-state index contributed by atoms with van der Waals surface area (Å²) in [6, 6.07) is 23.5. The topological polar surface area (TPSA) is 59.4 Å². The summed E-state index contributed by atoms with van der Waals surface area (Å²) >= 11 is 12.3. The van der Waals surface area contributed by atoms with Crippen molar-refractivity contribution in [3.8, 4) is 17.2 Å². The van der Waals surface area contributed by atoms with Gasteiger partial charge in [-0.3, -0.25) is 4.90 Å². The molecule has 2 amide bonds. The summed E-state index contributed by atoms with van der Waals surface area (Å²) in [6.07, 6.45) is 7.09. The van der Waals surface area contributed by atoms with Crippen LogP contribution in [0.4, 0.5) is 16.2 Å². The highest BCUT2D eigenvalue weighted by molar-refractivity contribution is 6.42. The third-order valence-electron chi connectivity index (χ3n) is 7.57. The third kappa shape index (κ3) is 5.93. The zero-order valence-corrected chi connectivity index (χ0v) is 22.2. The van der Waals surface area contributed by atoms with Gasteiger partial charge in [0.1, 0.15) is 0 Å². The number of hydrogen-bond donors (Lipinski definition) is 1. The number of urea groups is 1. The first kappa shape index (κ1) is 25.6. The summed E-state index contributed by atoms with van der Waals surface area (Å²) in [5.74, 6) is 0. The first-order chi connectivity index (χ1) is 18.0. The van der Waals surface area contributed by atoms with Crippen molar-refractivity contribution in [3.05, 3.63) is 82.3 Å². The number of nitriles is 1. The van der Waals surface area contributed by atoms with Crippen LogP contribution in [0.25, 0.3) is 11.1 Å². The molecule has 190 valence electrons. The van der Waals surface area contributed by atoms with Gasteiger partial charge in [0, 0.05) is 36.5 Å². The summed E-state index contributed by atoms with van der Waals surface area (Å²) < 4.78 is 0. The molecule has 0 aromatic heterocycles. The Hall–Kier alpha value is -3.04. The van der Waals surface area contributed by atoms with Crippen molar-refractivity contribution in [1.29, 1.82) is 5.26 Å². The zero-order valence-electron chi connectivity index (χ0n) is 20.7. The molecule has 7 heteroatoms. The Labute approximate surface area is 228 Å². The zero-order chi connectivity index (χ0) is 25.8. The second-order valence-electron chi connectivity index (χ2n) is 9.87. The molecule has 5 rings (SSSR count). The Morgan fingerprint density at radius 3 is 2.30 bits per heavy atom. The van der Waals surface area contributed by atoms with Gasteiger partial charge in [0.05, 0.1) is 21.7 Å². The Balaban J connectivity index is 1.39. The van der Waals surface area contributed by atoms with Gasteiger partial charge in [0.25, 0.3) is 0 Å². The maximum Gasteiger partial charge on any atom is 0.326 e. The molecule has 1 aliphatic carbocycles. The van der Waals surface area contributed by atoms with Crippen LogP contribution in [0.5, 0.6) is 0 Å². The molecule has 1 N–H and O–H groups in total. The summed E-state index contributed by atoms with van der Waals surface area (Å²) in [7, 11) is 0. The lowest BCUT2D eigenvalue weighted by Gasteiger charge is -2.40. The number of rotatable bonds is 5. The molecule has 2 fully saturated rings. The van der Waals surface area contributed by atoms with E-state index >= 15 is 0 Å². The summed E-state index contributed by atoms with van der Waals surface area (Å²) in [5, 5.41) is 13.1. The first-order valence-electron chi connectivity index (χ1n) is 12.9. The largest absolute Gasteiger partial charge is 0.326 e. The van der Waals surface area contributed by atoms with Crippen LogP contribution >= 0.6 is 23.2 Å². The quantitative estimate of drug-likeness (QED) is 0.362. The summed E-state index contributed by atoms with van der Waals surface area (Å²) in [4.78, 5) is 18.2. The molecule has 0 bridgehead atoms. The number of piperidine rings is 1. The second kappa shape index (κ2) is 11.6. The number of carbonyl (C=O) groups is 1. The van der Waals surface area contributed by atoms with Gasteiger partial charge in [0.15, 0.2) is 0 Å². The average Bonchev–Trinajstić information content (AvgIpc) is 3.47. The Morgan fingerprint density at radius 1 is 0.892 bits per heavy atom. The standard InChI is InChI=1S/C30H30Cl2N4O/c31-28-13-10-24(19-29(28)32)34-30(37)36(27-14-16-35(17-15-27)25-6-1-2-7-25)26-11-8-22(9-12-26)23-5-3-4-21(18-23)20-33/h3-5,8-13,18-19,25,27H,1-2,6-7,14-17H2,(H,34,37). The Kier molecular flexibility index (Phi) is 8.00. The van der Waals surface area contributed by atoms with Crippen LogP contribution < -0.4 is 10.2 Å². The molecule has 3 aromatic carbocycles. The maximum absolute atomic E-state index is 13.7. The van der Waals surface area contributed by atoms with Crippen molar-refractivity contribution in [2.45, 2.75) is 50.6 Å². The lowest BCUT2D eigenvalue weighted by Crippen LogP contribution is -2.50. The van der Waals surface area contributed by atoms with Crippen molar-refractivity contribution in [2.75, 3.05) is 23.3 Å². The van der Waals surface area contributed by atoms with Gasteiger partial charge in [-0.2, -0.15) is 5.26 Å². The van der Waals surface area contributed by atoms with Crippen LogP contribution in [0, 0.1) is 11.3 Å². The van der Waals surface area contributed by atoms with Crippen LogP contribution in [0.1, 0.15) is 44.1 Å². The minimum absolute atomic E-state index is 0.0909. The Bertz CT molecular complexity index is 1290. The molecular weight excluding hydrogens is 503 g/mol. The van der Waals surface area contributed by atoms with Crippen molar-refractivity contribution >= 4 is 40.6 Å². The van der Waals surface area contributed by atoms with Gasteiger partial charge >= 0.3 is 6.03 Å². The molecule has 5 nitrogen and oxygen atoms in total. The molecule has 1 heterocycles. The normalized spacial score (nSPS) is 16.9. The van der Waals surface area contributed by atoms with E-state index in [0.29, 0.717) is 27.3 Å². The first-order valence-corrected chi connectivity index (χ1v) is 13.7. The molecule has 2 aliphatic rings. The lowest BCUT2D eigenvalue weighted by molar-refractivity contribution is 0.153. The van der Waals surface area contributed by atoms with E-state index in [-0.39, 0.29) is 12.1 Å². The van der Waals surface area contributed by atoms with Gasteiger partial charge in [-0.05, 0) is 79.3 Å². The number of amides is 2. The molecule has 0 atom stereocenters. The van der Waals surface area contributed by atoms with Crippen molar-refractivity contribution in [1.82, 2.24) is 4.90 Å². The molecule has 0 spiro atoms. The number of nitrogens with one attached hydrogen (secondary N) is 1. The van der Waals surface area contributed by atoms with E-state index in [1.54, 1.807) is 24.3 Å². The minimum Gasteiger partial charge on any atom is -0.307 e. The maximum atomic E-state index is 13.7. The van der Waals surface area contributed by atoms with Gasteiger partial charge in [-0.1, -0.05) is 60.3 Å². The predicted molar refractivity (Wildman–Crippen MR) is 151 cm³/mol. The number of benzene rings is 3.